The van der Waals surface area contributed by atoms with E-state index < -0.39 is 5.97 Å². The zero-order chi connectivity index (χ0) is 15.0. The molecule has 5 nitrogen and oxygen atoms in total. The number of nitrogens with zero attached hydrogens (tertiary/aromatic N) is 1. The van der Waals surface area contributed by atoms with Gasteiger partial charge in [0, 0.05) is 12.6 Å². The predicted molar refractivity (Wildman–Crippen MR) is 78.6 cm³/mol. The van der Waals surface area contributed by atoms with Crippen molar-refractivity contribution in [1.29, 1.82) is 0 Å². The topological polar surface area (TPSA) is 69.6 Å². The summed E-state index contributed by atoms with van der Waals surface area (Å²) in [7, 11) is 0. The summed E-state index contributed by atoms with van der Waals surface area (Å²) < 4.78 is 0. The van der Waals surface area contributed by atoms with E-state index in [1.165, 1.54) is 0 Å². The lowest BCUT2D eigenvalue weighted by Crippen LogP contribution is -2.51. The summed E-state index contributed by atoms with van der Waals surface area (Å²) >= 11 is 0. The molecule has 0 saturated heterocycles. The van der Waals surface area contributed by atoms with Crippen molar-refractivity contribution < 1.29 is 14.7 Å². The molecular formula is C15H28N2O3. The van der Waals surface area contributed by atoms with Gasteiger partial charge in [-0.05, 0) is 26.2 Å². The fraction of sp³-hybridized carbons (Fsp3) is 0.867. The lowest BCUT2D eigenvalue weighted by atomic mass is 10.1. The molecule has 1 amide bonds. The molecule has 1 rings (SSSR count). The lowest BCUT2D eigenvalue weighted by molar-refractivity contribution is -0.140. The Balaban J connectivity index is 2.50. The zero-order valence-corrected chi connectivity index (χ0v) is 12.7. The van der Waals surface area contributed by atoms with Crippen molar-refractivity contribution >= 4 is 11.9 Å². The second kappa shape index (κ2) is 8.95. The molecule has 0 heterocycles. The molecule has 0 aromatic rings. The molecule has 0 aromatic carbocycles. The van der Waals surface area contributed by atoms with E-state index in [1.807, 2.05) is 11.8 Å². The van der Waals surface area contributed by atoms with Gasteiger partial charge >= 0.3 is 5.97 Å². The summed E-state index contributed by atoms with van der Waals surface area (Å²) in [6.45, 7) is 4.58. The van der Waals surface area contributed by atoms with E-state index in [0.717, 1.165) is 44.9 Å². The molecule has 0 aliphatic heterocycles. The van der Waals surface area contributed by atoms with Crippen LogP contribution in [0.25, 0.3) is 0 Å². The number of aliphatic carboxylic acids is 1. The third-order valence-electron chi connectivity index (χ3n) is 4.07. The number of carboxylic acids is 1. The molecule has 2 N–H and O–H groups in total. The Morgan fingerprint density at radius 3 is 2.50 bits per heavy atom. The Labute approximate surface area is 121 Å². The minimum Gasteiger partial charge on any atom is -0.480 e. The van der Waals surface area contributed by atoms with Crippen LogP contribution < -0.4 is 5.32 Å². The van der Waals surface area contributed by atoms with Crippen molar-refractivity contribution in [3.8, 4) is 0 Å². The highest BCUT2D eigenvalue weighted by molar-refractivity contribution is 5.82. The van der Waals surface area contributed by atoms with Crippen LogP contribution >= 0.6 is 0 Å². The maximum Gasteiger partial charge on any atom is 0.317 e. The second-order valence-corrected chi connectivity index (χ2v) is 5.68. The van der Waals surface area contributed by atoms with E-state index >= 15 is 0 Å². The van der Waals surface area contributed by atoms with E-state index in [1.54, 1.807) is 0 Å². The monoisotopic (exact) mass is 284 g/mol. The normalized spacial score (nSPS) is 17.4. The average Bonchev–Trinajstić information content (AvgIpc) is 2.93. The van der Waals surface area contributed by atoms with E-state index in [0.29, 0.717) is 6.54 Å². The molecule has 1 aliphatic rings. The van der Waals surface area contributed by atoms with Crippen molar-refractivity contribution in [2.45, 2.75) is 70.9 Å². The van der Waals surface area contributed by atoms with Crippen LogP contribution in [0.2, 0.25) is 0 Å². The Bertz CT molecular complexity index is 314. The van der Waals surface area contributed by atoms with Gasteiger partial charge < -0.3 is 10.4 Å². The third kappa shape index (κ3) is 5.49. The van der Waals surface area contributed by atoms with Crippen LogP contribution in [0.15, 0.2) is 0 Å². The Morgan fingerprint density at radius 1 is 1.30 bits per heavy atom. The fourth-order valence-corrected chi connectivity index (χ4v) is 2.86. The first kappa shape index (κ1) is 17.0. The number of carbonyl (C=O) groups is 2. The van der Waals surface area contributed by atoms with Gasteiger partial charge in [-0.15, -0.1) is 0 Å². The number of amides is 1. The minimum atomic E-state index is -0.859. The number of nitrogens with one attached hydrogen (secondary N) is 1. The van der Waals surface area contributed by atoms with Crippen molar-refractivity contribution in [2.75, 3.05) is 13.1 Å². The Hall–Kier alpha value is -1.10. The highest BCUT2D eigenvalue weighted by Gasteiger charge is 2.31. The lowest BCUT2D eigenvalue weighted by Gasteiger charge is -2.32. The fourth-order valence-electron chi connectivity index (χ4n) is 2.86. The predicted octanol–water partition coefficient (Wildman–Crippen LogP) is 2.01. The molecule has 20 heavy (non-hydrogen) atoms. The van der Waals surface area contributed by atoms with Gasteiger partial charge in [-0.2, -0.15) is 0 Å². The summed E-state index contributed by atoms with van der Waals surface area (Å²) in [6.07, 6.45) is 7.48. The molecule has 0 spiro atoms. The summed E-state index contributed by atoms with van der Waals surface area (Å²) in [5.41, 5.74) is 0. The van der Waals surface area contributed by atoms with Crippen molar-refractivity contribution in [1.82, 2.24) is 10.2 Å². The van der Waals surface area contributed by atoms with E-state index in [-0.39, 0.29) is 24.5 Å². The van der Waals surface area contributed by atoms with Crippen molar-refractivity contribution in [2.24, 2.45) is 0 Å². The van der Waals surface area contributed by atoms with Crippen LogP contribution in [0.4, 0.5) is 0 Å². The van der Waals surface area contributed by atoms with Gasteiger partial charge in [0.15, 0.2) is 0 Å². The number of carboxylic acid groups (broad SMARTS) is 1. The van der Waals surface area contributed by atoms with Crippen LogP contribution in [-0.4, -0.2) is 47.1 Å². The molecule has 0 radical (unpaired) electrons. The first-order valence-corrected chi connectivity index (χ1v) is 7.81. The molecule has 5 heteroatoms. The van der Waals surface area contributed by atoms with E-state index in [9.17, 15) is 9.59 Å². The molecule has 0 aromatic heterocycles. The maximum atomic E-state index is 12.1. The summed E-state index contributed by atoms with van der Waals surface area (Å²) in [5, 5.41) is 12.0. The van der Waals surface area contributed by atoms with Crippen LogP contribution in [0.3, 0.4) is 0 Å². The number of unbranched alkanes of at least 4 members (excludes halogenated alkanes) is 2. The quantitative estimate of drug-likeness (QED) is 0.635. The zero-order valence-electron chi connectivity index (χ0n) is 12.7. The third-order valence-corrected chi connectivity index (χ3v) is 4.07. The maximum absolute atomic E-state index is 12.1. The van der Waals surface area contributed by atoms with Gasteiger partial charge in [-0.25, -0.2) is 0 Å². The van der Waals surface area contributed by atoms with Crippen LogP contribution in [0, 0.1) is 0 Å². The molecule has 0 bridgehead atoms. The molecule has 1 atom stereocenters. The van der Waals surface area contributed by atoms with Gasteiger partial charge in [-0.1, -0.05) is 32.6 Å². The standard InChI is InChI=1S/C15H28N2O3/c1-3-4-7-10-16-15(20)12(2)17(11-14(18)19)13-8-5-6-9-13/h12-13H,3-11H2,1-2H3,(H,16,20)(H,18,19). The number of hydrogen-bond acceptors (Lipinski definition) is 3. The van der Waals surface area contributed by atoms with Gasteiger partial charge in [0.25, 0.3) is 0 Å². The molecule has 1 fully saturated rings. The van der Waals surface area contributed by atoms with Crippen LogP contribution in [0.5, 0.6) is 0 Å². The van der Waals surface area contributed by atoms with Crippen LogP contribution in [0.1, 0.15) is 58.8 Å². The second-order valence-electron chi connectivity index (χ2n) is 5.68. The summed E-state index contributed by atoms with van der Waals surface area (Å²) in [5.74, 6) is -0.906. The summed E-state index contributed by atoms with van der Waals surface area (Å²) in [6, 6.07) is -0.127. The highest BCUT2D eigenvalue weighted by atomic mass is 16.4. The van der Waals surface area contributed by atoms with Gasteiger partial charge in [-0.3, -0.25) is 14.5 Å². The SMILES string of the molecule is CCCCCNC(=O)C(C)N(CC(=O)O)C1CCCC1. The molecular weight excluding hydrogens is 256 g/mol. The van der Waals surface area contributed by atoms with Crippen molar-refractivity contribution in [3.63, 3.8) is 0 Å². The Kier molecular flexibility index (Phi) is 7.59. The molecule has 116 valence electrons. The average molecular weight is 284 g/mol. The molecule has 1 aliphatic carbocycles. The minimum absolute atomic E-state index is 0.0470. The number of carbonyl (C=O) groups excluding carboxylic acids is 1. The van der Waals surface area contributed by atoms with Gasteiger partial charge in [0.05, 0.1) is 12.6 Å². The summed E-state index contributed by atoms with van der Waals surface area (Å²) in [4.78, 5) is 25.0. The van der Waals surface area contributed by atoms with E-state index in [4.69, 9.17) is 5.11 Å². The largest absolute Gasteiger partial charge is 0.480 e. The highest BCUT2D eigenvalue weighted by Crippen LogP contribution is 2.25. The first-order valence-electron chi connectivity index (χ1n) is 7.81. The first-order chi connectivity index (χ1) is 9.56. The van der Waals surface area contributed by atoms with Crippen molar-refractivity contribution in [3.05, 3.63) is 0 Å². The van der Waals surface area contributed by atoms with Crippen LogP contribution in [-0.2, 0) is 9.59 Å². The van der Waals surface area contributed by atoms with Gasteiger partial charge in [0.1, 0.15) is 0 Å². The van der Waals surface area contributed by atoms with Gasteiger partial charge in [0.2, 0.25) is 5.91 Å². The number of hydrogen-bond donors (Lipinski definition) is 2. The smallest absolute Gasteiger partial charge is 0.317 e. The molecule has 1 saturated carbocycles. The number of rotatable bonds is 9. The Morgan fingerprint density at radius 2 is 1.95 bits per heavy atom. The molecule has 1 unspecified atom stereocenters. The van der Waals surface area contributed by atoms with E-state index in [2.05, 4.69) is 12.2 Å².